The predicted octanol–water partition coefficient (Wildman–Crippen LogP) is 3.58. The smallest absolute Gasteiger partial charge is 0.0783 e. The fourth-order valence-electron chi connectivity index (χ4n) is 2.17. The molecule has 0 spiro atoms. The van der Waals surface area contributed by atoms with E-state index in [1.54, 1.807) is 0 Å². The van der Waals surface area contributed by atoms with E-state index in [0.29, 0.717) is 6.54 Å². The Balaban J connectivity index is 2.30. The number of fused-ring (bicyclic) bond motifs is 1. The summed E-state index contributed by atoms with van der Waals surface area (Å²) < 4.78 is 0. The van der Waals surface area contributed by atoms with E-state index in [1.807, 2.05) is 6.07 Å². The number of nitrogens with zero attached hydrogens (tertiary/aromatic N) is 1. The number of hydroxylamine groups is 2. The van der Waals surface area contributed by atoms with Gasteiger partial charge in [-0.2, -0.15) is 5.06 Å². The number of benzene rings is 1. The lowest BCUT2D eigenvalue weighted by molar-refractivity contribution is -0.119. The molecular formula is C15H21NO. The fourth-order valence-corrected chi connectivity index (χ4v) is 2.17. The first-order valence-electron chi connectivity index (χ1n) is 6.20. The van der Waals surface area contributed by atoms with Gasteiger partial charge in [-0.15, -0.1) is 0 Å². The van der Waals surface area contributed by atoms with Crippen molar-refractivity contribution >= 4 is 0 Å². The predicted molar refractivity (Wildman–Crippen MR) is 70.0 cm³/mol. The lowest BCUT2D eigenvalue weighted by Gasteiger charge is -2.31. The van der Waals surface area contributed by atoms with Crippen molar-refractivity contribution in [2.24, 2.45) is 5.41 Å². The molecule has 1 atom stereocenters. The second kappa shape index (κ2) is 4.63. The summed E-state index contributed by atoms with van der Waals surface area (Å²) in [4.78, 5) is 0. The van der Waals surface area contributed by atoms with Crippen LogP contribution in [0.2, 0.25) is 0 Å². The second-order valence-corrected chi connectivity index (χ2v) is 5.78. The van der Waals surface area contributed by atoms with Crippen LogP contribution in [0, 0.1) is 5.41 Å². The van der Waals surface area contributed by atoms with Crippen molar-refractivity contribution in [2.45, 2.75) is 33.2 Å². The number of hydrogen-bond donors (Lipinski definition) is 1. The third-order valence-corrected chi connectivity index (χ3v) is 3.08. The Morgan fingerprint density at radius 2 is 2.00 bits per heavy atom. The summed E-state index contributed by atoms with van der Waals surface area (Å²) in [5.41, 5.74) is 2.72. The Bertz CT molecular complexity index is 417. The van der Waals surface area contributed by atoms with Crippen molar-refractivity contribution in [1.82, 2.24) is 5.06 Å². The maximum absolute atomic E-state index is 9.99. The van der Waals surface area contributed by atoms with E-state index in [2.05, 4.69) is 51.1 Å². The summed E-state index contributed by atoms with van der Waals surface area (Å²) in [5.74, 6) is 0. The maximum atomic E-state index is 9.99. The van der Waals surface area contributed by atoms with E-state index >= 15 is 0 Å². The van der Waals surface area contributed by atoms with Crippen LogP contribution in [0.25, 0.3) is 0 Å². The first-order valence-corrected chi connectivity index (χ1v) is 6.20. The maximum Gasteiger partial charge on any atom is 0.0783 e. The largest absolute Gasteiger partial charge is 0.313 e. The third-order valence-electron chi connectivity index (χ3n) is 3.08. The van der Waals surface area contributed by atoms with Crippen LogP contribution in [0.3, 0.4) is 0 Å². The Kier molecular flexibility index (Phi) is 3.36. The van der Waals surface area contributed by atoms with Gasteiger partial charge in [0.1, 0.15) is 0 Å². The number of allylic oxidation sites excluding steroid dienone is 1. The van der Waals surface area contributed by atoms with Crippen molar-refractivity contribution in [1.29, 1.82) is 0 Å². The van der Waals surface area contributed by atoms with E-state index in [0.717, 1.165) is 6.42 Å². The monoisotopic (exact) mass is 231 g/mol. The van der Waals surface area contributed by atoms with E-state index < -0.39 is 0 Å². The first-order chi connectivity index (χ1) is 7.97. The highest BCUT2D eigenvalue weighted by atomic mass is 16.5. The Hall–Kier alpha value is -1.12. The summed E-state index contributed by atoms with van der Waals surface area (Å²) in [7, 11) is 0. The lowest BCUT2D eigenvalue weighted by Crippen LogP contribution is -2.31. The SMILES string of the molecule is CC(C)(C)/C=C/[C@H]1c2ccccc2CCN1O. The summed E-state index contributed by atoms with van der Waals surface area (Å²) in [6, 6.07) is 8.36. The molecular weight excluding hydrogens is 210 g/mol. The standard InChI is InChI=1S/C15H21NO/c1-15(2,3)10-8-14-13-7-5-4-6-12(13)9-11-16(14)17/h4-8,10,14,17H,9,11H2,1-3H3/b10-8+/t14-/m0/s1. The third kappa shape index (κ3) is 2.96. The Morgan fingerprint density at radius 1 is 1.29 bits per heavy atom. The fraction of sp³-hybridized carbons (Fsp3) is 0.467. The van der Waals surface area contributed by atoms with Gasteiger partial charge in [0.05, 0.1) is 6.04 Å². The number of rotatable bonds is 1. The molecule has 17 heavy (non-hydrogen) atoms. The summed E-state index contributed by atoms with van der Waals surface area (Å²) in [6.45, 7) is 7.20. The van der Waals surface area contributed by atoms with E-state index in [9.17, 15) is 5.21 Å². The molecule has 0 aliphatic carbocycles. The zero-order chi connectivity index (χ0) is 12.5. The van der Waals surface area contributed by atoms with Crippen LogP contribution in [0.15, 0.2) is 36.4 Å². The van der Waals surface area contributed by atoms with E-state index in [1.165, 1.54) is 16.2 Å². The van der Waals surface area contributed by atoms with Crippen molar-refractivity contribution in [3.63, 3.8) is 0 Å². The summed E-state index contributed by atoms with van der Waals surface area (Å²) in [5, 5.41) is 11.4. The molecule has 2 heteroatoms. The molecule has 1 heterocycles. The molecule has 1 aliphatic heterocycles. The molecule has 0 amide bonds. The molecule has 2 rings (SSSR count). The van der Waals surface area contributed by atoms with Crippen LogP contribution >= 0.6 is 0 Å². The summed E-state index contributed by atoms with van der Waals surface area (Å²) >= 11 is 0. The molecule has 1 aliphatic rings. The molecule has 1 N–H and O–H groups in total. The molecule has 0 saturated carbocycles. The molecule has 92 valence electrons. The van der Waals surface area contributed by atoms with Crippen LogP contribution < -0.4 is 0 Å². The van der Waals surface area contributed by atoms with Gasteiger partial charge in [-0.25, -0.2) is 0 Å². The zero-order valence-electron chi connectivity index (χ0n) is 10.9. The van der Waals surface area contributed by atoms with Crippen molar-refractivity contribution in [3.8, 4) is 0 Å². The van der Waals surface area contributed by atoms with Crippen LogP contribution in [-0.4, -0.2) is 16.8 Å². The van der Waals surface area contributed by atoms with Crippen molar-refractivity contribution in [2.75, 3.05) is 6.54 Å². The van der Waals surface area contributed by atoms with Gasteiger partial charge >= 0.3 is 0 Å². The quantitative estimate of drug-likeness (QED) is 0.747. The minimum atomic E-state index is -0.000764. The number of hydrogen-bond acceptors (Lipinski definition) is 2. The average molecular weight is 231 g/mol. The average Bonchev–Trinajstić information content (AvgIpc) is 2.26. The topological polar surface area (TPSA) is 23.5 Å². The zero-order valence-corrected chi connectivity index (χ0v) is 10.9. The Morgan fingerprint density at radius 3 is 2.71 bits per heavy atom. The van der Waals surface area contributed by atoms with Crippen LogP contribution in [0.1, 0.15) is 37.9 Å². The van der Waals surface area contributed by atoms with Gasteiger partial charge in [-0.05, 0) is 23.0 Å². The molecule has 0 aromatic heterocycles. The van der Waals surface area contributed by atoms with E-state index in [-0.39, 0.29) is 11.5 Å². The first kappa shape index (κ1) is 12.3. The van der Waals surface area contributed by atoms with Gasteiger partial charge < -0.3 is 5.21 Å². The summed E-state index contributed by atoms with van der Waals surface area (Å²) in [6.07, 6.45) is 5.20. The molecule has 2 nitrogen and oxygen atoms in total. The highest BCUT2D eigenvalue weighted by Crippen LogP contribution is 2.30. The van der Waals surface area contributed by atoms with E-state index in [4.69, 9.17) is 0 Å². The normalized spacial score (nSPS) is 21.8. The van der Waals surface area contributed by atoms with Gasteiger partial charge in [-0.3, -0.25) is 0 Å². The molecule has 0 bridgehead atoms. The van der Waals surface area contributed by atoms with Crippen LogP contribution in [-0.2, 0) is 6.42 Å². The molecule has 0 unspecified atom stereocenters. The van der Waals surface area contributed by atoms with Crippen LogP contribution in [0.4, 0.5) is 0 Å². The van der Waals surface area contributed by atoms with Crippen molar-refractivity contribution < 1.29 is 5.21 Å². The minimum Gasteiger partial charge on any atom is -0.313 e. The van der Waals surface area contributed by atoms with Crippen molar-refractivity contribution in [3.05, 3.63) is 47.5 Å². The van der Waals surface area contributed by atoms with Gasteiger partial charge in [0.15, 0.2) is 0 Å². The molecule has 0 radical (unpaired) electrons. The molecule has 1 aromatic rings. The Labute approximate surface area is 104 Å². The van der Waals surface area contributed by atoms with Crippen LogP contribution in [0.5, 0.6) is 0 Å². The highest BCUT2D eigenvalue weighted by Gasteiger charge is 2.24. The lowest BCUT2D eigenvalue weighted by atomic mass is 9.90. The molecule has 1 aromatic carbocycles. The second-order valence-electron chi connectivity index (χ2n) is 5.78. The molecule has 0 saturated heterocycles. The molecule has 0 fully saturated rings. The van der Waals surface area contributed by atoms with Gasteiger partial charge in [0.2, 0.25) is 0 Å². The van der Waals surface area contributed by atoms with Gasteiger partial charge in [0.25, 0.3) is 0 Å². The van der Waals surface area contributed by atoms with Gasteiger partial charge in [0, 0.05) is 6.54 Å². The highest BCUT2D eigenvalue weighted by molar-refractivity contribution is 5.34. The van der Waals surface area contributed by atoms with Gasteiger partial charge in [-0.1, -0.05) is 57.2 Å². The minimum absolute atomic E-state index is 0.000764.